The molecule has 0 amide bonds. The van der Waals surface area contributed by atoms with Crippen LogP contribution >= 0.6 is 0 Å². The van der Waals surface area contributed by atoms with Crippen LogP contribution in [0.15, 0.2) is 18.2 Å². The normalized spacial score (nSPS) is 26.1. The summed E-state index contributed by atoms with van der Waals surface area (Å²) in [7, 11) is 0. The van der Waals surface area contributed by atoms with Gasteiger partial charge in [0.2, 0.25) is 0 Å². The van der Waals surface area contributed by atoms with Crippen molar-refractivity contribution in [3.63, 3.8) is 0 Å². The van der Waals surface area contributed by atoms with Crippen molar-refractivity contribution >= 4 is 0 Å². The molecule has 2 unspecified atom stereocenters. The summed E-state index contributed by atoms with van der Waals surface area (Å²) >= 11 is 0. The number of aryl methyl sites for hydroxylation is 2. The smallest absolute Gasteiger partial charge is 0.00428 e. The Bertz CT molecular complexity index is 297. The maximum absolute atomic E-state index is 5.64. The molecule has 1 heteroatoms. The fourth-order valence-corrected chi connectivity index (χ4v) is 2.14. The average molecular weight is 175 g/mol. The molecule has 2 N–H and O–H groups in total. The van der Waals surface area contributed by atoms with Gasteiger partial charge in [-0.25, -0.2) is 0 Å². The minimum Gasteiger partial charge on any atom is -0.330 e. The number of hydrogen-bond acceptors (Lipinski definition) is 1. The molecule has 2 rings (SSSR count). The van der Waals surface area contributed by atoms with Crippen LogP contribution in [0.5, 0.6) is 0 Å². The third-order valence-corrected chi connectivity index (χ3v) is 2.90. The third kappa shape index (κ3) is 1.75. The fraction of sp³-hybridized carbons (Fsp3) is 0.500. The van der Waals surface area contributed by atoms with E-state index in [2.05, 4.69) is 32.0 Å². The molecule has 0 radical (unpaired) electrons. The highest BCUT2D eigenvalue weighted by Gasteiger charge is 2.36. The number of rotatable bonds is 2. The minimum atomic E-state index is 0.751. The summed E-state index contributed by atoms with van der Waals surface area (Å²) in [5.74, 6) is 1.50. The lowest BCUT2D eigenvalue weighted by molar-refractivity contribution is 0.809. The molecule has 0 saturated heterocycles. The van der Waals surface area contributed by atoms with Crippen molar-refractivity contribution in [1.29, 1.82) is 0 Å². The number of hydrogen-bond donors (Lipinski definition) is 1. The lowest BCUT2D eigenvalue weighted by Gasteiger charge is -2.03. The summed E-state index contributed by atoms with van der Waals surface area (Å²) in [4.78, 5) is 0. The molecule has 1 nitrogen and oxygen atoms in total. The van der Waals surface area contributed by atoms with Gasteiger partial charge in [-0.15, -0.1) is 0 Å². The largest absolute Gasteiger partial charge is 0.330 e. The lowest BCUT2D eigenvalue weighted by atomic mass is 10.0. The van der Waals surface area contributed by atoms with E-state index in [9.17, 15) is 0 Å². The van der Waals surface area contributed by atoms with Gasteiger partial charge in [-0.05, 0) is 44.2 Å². The van der Waals surface area contributed by atoms with Gasteiger partial charge in [-0.1, -0.05) is 29.3 Å². The van der Waals surface area contributed by atoms with E-state index >= 15 is 0 Å². The van der Waals surface area contributed by atoms with Crippen LogP contribution in [0.2, 0.25) is 0 Å². The molecule has 0 aliphatic heterocycles. The minimum absolute atomic E-state index is 0.751. The molecular formula is C12H17N. The molecule has 0 heterocycles. The van der Waals surface area contributed by atoms with Crippen LogP contribution in [0.25, 0.3) is 0 Å². The van der Waals surface area contributed by atoms with Gasteiger partial charge in [0.25, 0.3) is 0 Å². The second kappa shape index (κ2) is 3.15. The van der Waals surface area contributed by atoms with E-state index in [0.717, 1.165) is 18.4 Å². The monoisotopic (exact) mass is 175 g/mol. The first kappa shape index (κ1) is 8.76. The predicted molar refractivity (Wildman–Crippen MR) is 55.8 cm³/mol. The zero-order valence-electron chi connectivity index (χ0n) is 8.38. The first-order valence-corrected chi connectivity index (χ1v) is 4.99. The topological polar surface area (TPSA) is 26.0 Å². The molecule has 70 valence electrons. The van der Waals surface area contributed by atoms with Gasteiger partial charge in [0, 0.05) is 0 Å². The first-order valence-electron chi connectivity index (χ1n) is 4.99. The summed E-state index contributed by atoms with van der Waals surface area (Å²) in [5.41, 5.74) is 9.88. The van der Waals surface area contributed by atoms with E-state index in [1.165, 1.54) is 23.1 Å². The van der Waals surface area contributed by atoms with Gasteiger partial charge in [-0.2, -0.15) is 0 Å². The van der Waals surface area contributed by atoms with Gasteiger partial charge in [0.1, 0.15) is 0 Å². The van der Waals surface area contributed by atoms with E-state index in [1.807, 2.05) is 0 Å². The van der Waals surface area contributed by atoms with Crippen LogP contribution in [0.3, 0.4) is 0 Å². The van der Waals surface area contributed by atoms with Crippen LogP contribution < -0.4 is 5.73 Å². The Morgan fingerprint density at radius 3 is 2.31 bits per heavy atom. The molecule has 13 heavy (non-hydrogen) atoms. The van der Waals surface area contributed by atoms with Crippen molar-refractivity contribution in [2.24, 2.45) is 11.7 Å². The van der Waals surface area contributed by atoms with Crippen molar-refractivity contribution in [3.8, 4) is 0 Å². The molecule has 0 bridgehead atoms. The van der Waals surface area contributed by atoms with Crippen LogP contribution in [0.1, 0.15) is 29.0 Å². The molecule has 1 aliphatic rings. The average Bonchev–Trinajstić information content (AvgIpc) is 2.80. The summed E-state index contributed by atoms with van der Waals surface area (Å²) in [6, 6.07) is 6.82. The Labute approximate surface area is 80.0 Å². The molecule has 1 fully saturated rings. The van der Waals surface area contributed by atoms with E-state index < -0.39 is 0 Å². The summed E-state index contributed by atoms with van der Waals surface area (Å²) in [6.45, 7) is 5.17. The standard InChI is InChI=1S/C12H17N/c1-8-3-9(2)5-10(4-8)12-6-11(12)7-13/h3-5,11-12H,6-7,13H2,1-2H3. The highest BCUT2D eigenvalue weighted by molar-refractivity contribution is 5.34. The molecule has 0 aromatic heterocycles. The Balaban J connectivity index is 2.22. The van der Waals surface area contributed by atoms with Crippen LogP contribution in [-0.2, 0) is 0 Å². The van der Waals surface area contributed by atoms with Crippen LogP contribution in [-0.4, -0.2) is 6.54 Å². The zero-order chi connectivity index (χ0) is 9.42. The van der Waals surface area contributed by atoms with Gasteiger partial charge in [0.05, 0.1) is 0 Å². The number of benzene rings is 1. The Morgan fingerprint density at radius 1 is 1.23 bits per heavy atom. The van der Waals surface area contributed by atoms with Crippen molar-refractivity contribution in [2.45, 2.75) is 26.2 Å². The quantitative estimate of drug-likeness (QED) is 0.733. The highest BCUT2D eigenvalue weighted by atomic mass is 14.6. The Kier molecular flexibility index (Phi) is 2.12. The van der Waals surface area contributed by atoms with Crippen molar-refractivity contribution in [1.82, 2.24) is 0 Å². The predicted octanol–water partition coefficient (Wildman–Crippen LogP) is 2.37. The third-order valence-electron chi connectivity index (χ3n) is 2.90. The van der Waals surface area contributed by atoms with E-state index in [0.29, 0.717) is 0 Å². The molecule has 1 aromatic carbocycles. The van der Waals surface area contributed by atoms with Gasteiger partial charge in [0.15, 0.2) is 0 Å². The Morgan fingerprint density at radius 2 is 1.85 bits per heavy atom. The van der Waals surface area contributed by atoms with E-state index in [-0.39, 0.29) is 0 Å². The molecular weight excluding hydrogens is 158 g/mol. The second-order valence-electron chi connectivity index (χ2n) is 4.26. The van der Waals surface area contributed by atoms with Gasteiger partial charge < -0.3 is 5.73 Å². The van der Waals surface area contributed by atoms with E-state index in [4.69, 9.17) is 5.73 Å². The van der Waals surface area contributed by atoms with Crippen molar-refractivity contribution in [3.05, 3.63) is 34.9 Å². The molecule has 0 spiro atoms. The SMILES string of the molecule is Cc1cc(C)cc(C2CC2CN)c1. The van der Waals surface area contributed by atoms with Crippen molar-refractivity contribution in [2.75, 3.05) is 6.54 Å². The maximum Gasteiger partial charge on any atom is -0.00428 e. The molecule has 1 saturated carbocycles. The second-order valence-corrected chi connectivity index (χ2v) is 4.26. The zero-order valence-corrected chi connectivity index (χ0v) is 8.38. The first-order chi connectivity index (χ1) is 6.20. The van der Waals surface area contributed by atoms with Crippen molar-refractivity contribution < 1.29 is 0 Å². The lowest BCUT2D eigenvalue weighted by Crippen LogP contribution is -2.02. The summed E-state index contributed by atoms with van der Waals surface area (Å²) in [6.07, 6.45) is 1.29. The highest BCUT2D eigenvalue weighted by Crippen LogP contribution is 2.46. The maximum atomic E-state index is 5.64. The summed E-state index contributed by atoms with van der Waals surface area (Å²) < 4.78 is 0. The molecule has 1 aliphatic carbocycles. The Hall–Kier alpha value is -0.820. The number of nitrogens with two attached hydrogens (primary N) is 1. The molecule has 1 aromatic rings. The van der Waals surface area contributed by atoms with Crippen LogP contribution in [0, 0.1) is 19.8 Å². The fourth-order valence-electron chi connectivity index (χ4n) is 2.14. The summed E-state index contributed by atoms with van der Waals surface area (Å²) in [5, 5.41) is 0. The molecule has 2 atom stereocenters. The van der Waals surface area contributed by atoms with Gasteiger partial charge in [-0.3, -0.25) is 0 Å². The van der Waals surface area contributed by atoms with Crippen LogP contribution in [0.4, 0.5) is 0 Å². The van der Waals surface area contributed by atoms with Gasteiger partial charge >= 0.3 is 0 Å². The van der Waals surface area contributed by atoms with E-state index in [1.54, 1.807) is 0 Å².